The summed E-state index contributed by atoms with van der Waals surface area (Å²) in [6.07, 6.45) is 1.52. The highest BCUT2D eigenvalue weighted by molar-refractivity contribution is 6.02. The highest BCUT2D eigenvalue weighted by Gasteiger charge is 2.40. The van der Waals surface area contributed by atoms with Crippen molar-refractivity contribution in [2.24, 2.45) is 5.92 Å². The zero-order chi connectivity index (χ0) is 11.0. The second-order valence-corrected chi connectivity index (χ2v) is 3.92. The van der Waals surface area contributed by atoms with Crippen LogP contribution in [-0.4, -0.2) is 40.5 Å². The summed E-state index contributed by atoms with van der Waals surface area (Å²) in [4.78, 5) is 34.5. The molecule has 0 unspecified atom stereocenters. The summed E-state index contributed by atoms with van der Waals surface area (Å²) in [5.41, 5.74) is 0. The number of hydrogen-bond donors (Lipinski definition) is 2. The van der Waals surface area contributed by atoms with E-state index >= 15 is 0 Å². The topological polar surface area (TPSA) is 86.7 Å². The maximum atomic E-state index is 11.3. The molecule has 0 aromatic rings. The first-order valence-corrected chi connectivity index (χ1v) is 4.92. The van der Waals surface area contributed by atoms with Crippen molar-refractivity contribution in [2.45, 2.75) is 25.3 Å². The van der Waals surface area contributed by atoms with Crippen LogP contribution in [0, 0.1) is 5.92 Å². The average Bonchev–Trinajstić information content (AvgIpc) is 2.73. The molecule has 2 N–H and O–H groups in total. The van der Waals surface area contributed by atoms with Crippen molar-refractivity contribution in [3.8, 4) is 0 Å². The number of carbonyl (C=O) groups excluding carboxylic acids is 2. The maximum absolute atomic E-state index is 11.3. The molecular weight excluding hydrogens is 200 g/mol. The first kappa shape index (κ1) is 9.95. The quantitative estimate of drug-likeness (QED) is 0.620. The van der Waals surface area contributed by atoms with E-state index in [0.29, 0.717) is 19.3 Å². The zero-order valence-electron chi connectivity index (χ0n) is 8.10. The van der Waals surface area contributed by atoms with E-state index in [9.17, 15) is 14.4 Å². The lowest BCUT2D eigenvalue weighted by Crippen LogP contribution is -2.39. The Morgan fingerprint density at radius 3 is 2.60 bits per heavy atom. The van der Waals surface area contributed by atoms with Crippen molar-refractivity contribution < 1.29 is 19.5 Å². The Morgan fingerprint density at radius 1 is 1.40 bits per heavy atom. The number of rotatable bonds is 2. The molecule has 2 atom stereocenters. The van der Waals surface area contributed by atoms with Gasteiger partial charge in [-0.3, -0.25) is 14.5 Å². The first-order chi connectivity index (χ1) is 7.09. The molecule has 3 amide bonds. The van der Waals surface area contributed by atoms with Gasteiger partial charge in [0.2, 0.25) is 5.91 Å². The van der Waals surface area contributed by atoms with Crippen LogP contribution in [0.3, 0.4) is 0 Å². The summed E-state index contributed by atoms with van der Waals surface area (Å²) in [5, 5.41) is 11.2. The minimum absolute atomic E-state index is 0.0348. The van der Waals surface area contributed by atoms with Crippen LogP contribution in [-0.2, 0) is 9.59 Å². The summed E-state index contributed by atoms with van der Waals surface area (Å²) < 4.78 is 0. The highest BCUT2D eigenvalue weighted by atomic mass is 16.4. The van der Waals surface area contributed by atoms with E-state index in [4.69, 9.17) is 5.11 Å². The number of nitrogens with zero attached hydrogens (tertiary/aromatic N) is 1. The van der Waals surface area contributed by atoms with Crippen molar-refractivity contribution in [1.82, 2.24) is 10.2 Å². The average molecular weight is 212 g/mol. The van der Waals surface area contributed by atoms with Crippen molar-refractivity contribution in [3.05, 3.63) is 0 Å². The van der Waals surface area contributed by atoms with Crippen LogP contribution in [0.15, 0.2) is 0 Å². The molecule has 2 fully saturated rings. The minimum atomic E-state index is -0.843. The Kier molecular flexibility index (Phi) is 2.34. The Hall–Kier alpha value is -1.59. The summed E-state index contributed by atoms with van der Waals surface area (Å²) >= 11 is 0. The third-order valence-electron chi connectivity index (χ3n) is 3.00. The van der Waals surface area contributed by atoms with Crippen LogP contribution >= 0.6 is 0 Å². The molecule has 0 spiro atoms. The number of carbonyl (C=O) groups is 3. The van der Waals surface area contributed by atoms with Gasteiger partial charge in [-0.05, 0) is 19.3 Å². The monoisotopic (exact) mass is 212 g/mol. The van der Waals surface area contributed by atoms with Crippen LogP contribution in [0.4, 0.5) is 4.79 Å². The van der Waals surface area contributed by atoms with Crippen molar-refractivity contribution in [2.75, 3.05) is 6.54 Å². The Bertz CT molecular complexity index is 312. The normalized spacial score (nSPS) is 30.8. The van der Waals surface area contributed by atoms with Crippen molar-refractivity contribution >= 4 is 17.9 Å². The number of aliphatic carboxylic acids is 1. The van der Waals surface area contributed by atoms with E-state index in [0.717, 1.165) is 0 Å². The number of amides is 3. The Balaban J connectivity index is 2.04. The second-order valence-electron chi connectivity index (χ2n) is 3.92. The molecule has 0 aromatic carbocycles. The third-order valence-corrected chi connectivity index (χ3v) is 3.00. The molecule has 6 nitrogen and oxygen atoms in total. The van der Waals surface area contributed by atoms with Gasteiger partial charge in [-0.2, -0.15) is 0 Å². The molecule has 0 bridgehead atoms. The van der Waals surface area contributed by atoms with Gasteiger partial charge < -0.3 is 10.4 Å². The van der Waals surface area contributed by atoms with E-state index in [1.165, 1.54) is 4.90 Å². The molecule has 2 rings (SSSR count). The Morgan fingerprint density at radius 2 is 2.13 bits per heavy atom. The molecule has 1 aliphatic carbocycles. The van der Waals surface area contributed by atoms with Crippen LogP contribution in [0.5, 0.6) is 0 Å². The van der Waals surface area contributed by atoms with Gasteiger partial charge in [-0.25, -0.2) is 4.79 Å². The second kappa shape index (κ2) is 3.52. The van der Waals surface area contributed by atoms with Crippen molar-refractivity contribution in [3.63, 3.8) is 0 Å². The lowest BCUT2D eigenvalue weighted by molar-refractivity contribution is -0.141. The molecule has 82 valence electrons. The lowest BCUT2D eigenvalue weighted by Gasteiger charge is -2.20. The van der Waals surface area contributed by atoms with E-state index in [-0.39, 0.29) is 18.5 Å². The highest BCUT2D eigenvalue weighted by Crippen LogP contribution is 2.30. The fourth-order valence-corrected chi connectivity index (χ4v) is 2.22. The molecule has 2 aliphatic rings. The standard InChI is InChI=1S/C9H12N2O4/c12-7-4-10-9(15)11(7)6-2-1-5(3-6)8(13)14/h5-6H,1-4H2,(H,10,15)(H,13,14)/t5-,6+/m1/s1. The number of hydrogen-bond acceptors (Lipinski definition) is 3. The Labute approximate surface area is 86.2 Å². The first-order valence-electron chi connectivity index (χ1n) is 4.92. The van der Waals surface area contributed by atoms with Gasteiger partial charge in [0.25, 0.3) is 0 Å². The fraction of sp³-hybridized carbons (Fsp3) is 0.667. The van der Waals surface area contributed by atoms with E-state index in [1.54, 1.807) is 0 Å². The number of urea groups is 1. The molecule has 15 heavy (non-hydrogen) atoms. The molecule has 1 saturated heterocycles. The smallest absolute Gasteiger partial charge is 0.324 e. The molecule has 6 heteroatoms. The molecule has 1 saturated carbocycles. The van der Waals surface area contributed by atoms with Gasteiger partial charge in [0, 0.05) is 6.04 Å². The number of carboxylic acids is 1. The van der Waals surface area contributed by atoms with Gasteiger partial charge in [0.1, 0.15) is 0 Å². The van der Waals surface area contributed by atoms with Crippen molar-refractivity contribution in [1.29, 1.82) is 0 Å². The molecule has 0 radical (unpaired) electrons. The minimum Gasteiger partial charge on any atom is -0.481 e. The largest absolute Gasteiger partial charge is 0.481 e. The van der Waals surface area contributed by atoms with Crippen LogP contribution in [0.1, 0.15) is 19.3 Å². The van der Waals surface area contributed by atoms with Gasteiger partial charge in [-0.1, -0.05) is 0 Å². The number of nitrogens with one attached hydrogen (secondary N) is 1. The SMILES string of the molecule is O=C(O)[C@@H]1CC[C@H](N2C(=O)CNC2=O)C1. The molecule has 0 aromatic heterocycles. The van der Waals surface area contributed by atoms with E-state index in [2.05, 4.69) is 5.32 Å². The number of carboxylic acid groups (broad SMARTS) is 1. The van der Waals surface area contributed by atoms with E-state index < -0.39 is 17.9 Å². The predicted molar refractivity (Wildman–Crippen MR) is 49.0 cm³/mol. The number of imide groups is 1. The summed E-state index contributed by atoms with van der Waals surface area (Å²) in [6, 6.07) is -0.628. The molecular formula is C9H12N2O4. The van der Waals surface area contributed by atoms with Crippen LogP contribution < -0.4 is 5.32 Å². The van der Waals surface area contributed by atoms with Crippen LogP contribution in [0.2, 0.25) is 0 Å². The maximum Gasteiger partial charge on any atom is 0.324 e. The summed E-state index contributed by atoms with van der Waals surface area (Å²) in [7, 11) is 0. The lowest BCUT2D eigenvalue weighted by atomic mass is 10.1. The predicted octanol–water partition coefficient (Wildman–Crippen LogP) is -0.209. The van der Waals surface area contributed by atoms with Gasteiger partial charge in [0.05, 0.1) is 12.5 Å². The molecule has 1 aliphatic heterocycles. The fourth-order valence-electron chi connectivity index (χ4n) is 2.22. The van der Waals surface area contributed by atoms with Gasteiger partial charge in [-0.15, -0.1) is 0 Å². The van der Waals surface area contributed by atoms with E-state index in [1.807, 2.05) is 0 Å². The summed E-state index contributed by atoms with van der Waals surface area (Å²) in [6.45, 7) is 0.0348. The molecule has 1 heterocycles. The third kappa shape index (κ3) is 1.67. The van der Waals surface area contributed by atoms with Crippen LogP contribution in [0.25, 0.3) is 0 Å². The zero-order valence-corrected chi connectivity index (χ0v) is 8.10. The van der Waals surface area contributed by atoms with Gasteiger partial charge in [0.15, 0.2) is 0 Å². The van der Waals surface area contributed by atoms with Gasteiger partial charge >= 0.3 is 12.0 Å². The summed E-state index contributed by atoms with van der Waals surface area (Å²) in [5.74, 6) is -1.52.